The zero-order valence-electron chi connectivity index (χ0n) is 19.4. The van der Waals surface area contributed by atoms with Crippen molar-refractivity contribution in [2.75, 3.05) is 4.90 Å². The Balaban J connectivity index is 1.89. The average Bonchev–Trinajstić information content (AvgIpc) is 3.24. The monoisotopic (exact) mass is 498 g/mol. The van der Waals surface area contributed by atoms with Crippen LogP contribution in [0, 0.1) is 19.7 Å². The minimum Gasteiger partial charge on any atom is -0.503 e. The summed E-state index contributed by atoms with van der Waals surface area (Å²) in [7, 11) is 0. The van der Waals surface area contributed by atoms with Crippen LogP contribution >= 0.6 is 22.9 Å². The molecule has 0 saturated heterocycles. The Kier molecular flexibility index (Phi) is 6.12. The van der Waals surface area contributed by atoms with Crippen molar-refractivity contribution in [1.82, 2.24) is 4.98 Å². The van der Waals surface area contributed by atoms with Crippen LogP contribution in [0.1, 0.15) is 58.3 Å². The molecule has 1 unspecified atom stereocenters. The molecule has 3 aromatic rings. The summed E-state index contributed by atoms with van der Waals surface area (Å²) in [5.41, 5.74) is 2.38. The molecule has 2 heterocycles. The first-order valence-electron chi connectivity index (χ1n) is 10.7. The highest BCUT2D eigenvalue weighted by Crippen LogP contribution is 2.43. The van der Waals surface area contributed by atoms with Gasteiger partial charge in [0.25, 0.3) is 5.91 Å². The topological polar surface area (TPSA) is 70.5 Å². The van der Waals surface area contributed by atoms with Crippen LogP contribution in [0.5, 0.6) is 0 Å². The third-order valence-electron chi connectivity index (χ3n) is 5.84. The quantitative estimate of drug-likeness (QED) is 0.410. The normalized spacial score (nSPS) is 16.5. The summed E-state index contributed by atoms with van der Waals surface area (Å²) in [6, 6.07) is 10.5. The van der Waals surface area contributed by atoms with Gasteiger partial charge < -0.3 is 5.11 Å². The minimum absolute atomic E-state index is 0.0410. The van der Waals surface area contributed by atoms with Crippen LogP contribution in [0.2, 0.25) is 5.02 Å². The number of halogens is 2. The van der Waals surface area contributed by atoms with E-state index < -0.39 is 29.3 Å². The first-order chi connectivity index (χ1) is 15.9. The minimum atomic E-state index is -0.919. The average molecular weight is 499 g/mol. The van der Waals surface area contributed by atoms with Crippen molar-refractivity contribution in [3.63, 3.8) is 0 Å². The van der Waals surface area contributed by atoms with E-state index in [4.69, 9.17) is 11.6 Å². The molecule has 0 spiro atoms. The Morgan fingerprint density at radius 3 is 2.32 bits per heavy atom. The highest BCUT2D eigenvalue weighted by Gasteiger charge is 2.45. The summed E-state index contributed by atoms with van der Waals surface area (Å²) in [5.74, 6) is -2.49. The molecule has 0 fully saturated rings. The number of aromatic nitrogens is 1. The van der Waals surface area contributed by atoms with Crippen LogP contribution in [0.25, 0.3) is 0 Å². The molecule has 1 N–H and O–H groups in total. The third kappa shape index (κ3) is 4.14. The molecule has 34 heavy (non-hydrogen) atoms. The van der Waals surface area contributed by atoms with E-state index in [2.05, 4.69) is 25.8 Å². The van der Waals surface area contributed by atoms with Crippen molar-refractivity contribution in [2.45, 2.75) is 46.1 Å². The summed E-state index contributed by atoms with van der Waals surface area (Å²) in [5, 5.41) is 11.4. The van der Waals surface area contributed by atoms with E-state index in [0.29, 0.717) is 21.1 Å². The highest BCUT2D eigenvalue weighted by molar-refractivity contribution is 7.14. The van der Waals surface area contributed by atoms with Crippen LogP contribution in [-0.2, 0) is 10.2 Å². The van der Waals surface area contributed by atoms with Gasteiger partial charge in [0.15, 0.2) is 5.76 Å². The van der Waals surface area contributed by atoms with Crippen LogP contribution in [0.3, 0.4) is 0 Å². The maximum absolute atomic E-state index is 13.9. The zero-order chi connectivity index (χ0) is 24.9. The van der Waals surface area contributed by atoms with Gasteiger partial charge in [0.1, 0.15) is 5.82 Å². The second kappa shape index (κ2) is 8.64. The summed E-state index contributed by atoms with van der Waals surface area (Å²) in [6.07, 6.45) is 0. The fraction of sp³-hybridized carbons (Fsp3) is 0.269. The fourth-order valence-electron chi connectivity index (χ4n) is 4.08. The van der Waals surface area contributed by atoms with E-state index >= 15 is 0 Å². The summed E-state index contributed by atoms with van der Waals surface area (Å²) < 4.78 is 13.9. The van der Waals surface area contributed by atoms with Gasteiger partial charge in [0.05, 0.1) is 32.2 Å². The molecular formula is C26H24ClFN2O3S. The van der Waals surface area contributed by atoms with Crippen molar-refractivity contribution in [3.05, 3.63) is 91.3 Å². The number of carbonyl (C=O) groups excluding carboxylic acids is 2. The Morgan fingerprint density at radius 1 is 1.15 bits per heavy atom. The number of aliphatic hydroxyl groups is 1. The van der Waals surface area contributed by atoms with Gasteiger partial charge in [-0.05, 0) is 48.6 Å². The number of rotatable bonds is 4. The first kappa shape index (κ1) is 24.1. The van der Waals surface area contributed by atoms with Crippen LogP contribution in [-0.4, -0.2) is 21.8 Å². The molecule has 1 amide bonds. The molecule has 4 rings (SSSR count). The molecule has 1 atom stereocenters. The molecule has 1 aromatic heterocycles. The van der Waals surface area contributed by atoms with Crippen LogP contribution in [0.15, 0.2) is 53.8 Å². The SMILES string of the molecule is Cc1nc(C)c(C(=O)C2=C(O)C(=O)N(c3ccc(F)c(Cl)c3)C2c2ccc(C(C)(C)C)cc2)s1. The predicted molar refractivity (Wildman–Crippen MR) is 132 cm³/mol. The first-order valence-corrected chi connectivity index (χ1v) is 11.9. The zero-order valence-corrected chi connectivity index (χ0v) is 21.0. The number of hydrogen-bond acceptors (Lipinski definition) is 5. The number of thiazole rings is 1. The van der Waals surface area contributed by atoms with Gasteiger partial charge in [-0.2, -0.15) is 0 Å². The third-order valence-corrected chi connectivity index (χ3v) is 7.20. The summed E-state index contributed by atoms with van der Waals surface area (Å²) in [6.45, 7) is 9.77. The Hall–Kier alpha value is -3.03. The molecule has 5 nitrogen and oxygen atoms in total. The Morgan fingerprint density at radius 2 is 1.79 bits per heavy atom. The van der Waals surface area contributed by atoms with Crippen molar-refractivity contribution in [2.24, 2.45) is 0 Å². The number of Topliss-reactive ketones (excluding diaryl/α,β-unsaturated/α-hetero) is 1. The molecule has 0 bridgehead atoms. The maximum atomic E-state index is 13.9. The lowest BCUT2D eigenvalue weighted by atomic mass is 9.85. The smallest absolute Gasteiger partial charge is 0.294 e. The standard InChI is InChI=1S/C26H24ClFN2O3S/c1-13-24(34-14(2)29-13)22(31)20-21(15-6-8-16(9-7-15)26(3,4)5)30(25(33)23(20)32)17-10-11-19(28)18(27)12-17/h6-12,21,32H,1-5H3. The Labute approximate surface area is 206 Å². The highest BCUT2D eigenvalue weighted by atomic mass is 35.5. The molecule has 1 aliphatic rings. The van der Waals surface area contributed by atoms with Gasteiger partial charge in [-0.15, -0.1) is 11.3 Å². The number of carbonyl (C=O) groups is 2. The number of ketones is 1. The largest absolute Gasteiger partial charge is 0.503 e. The molecule has 176 valence electrons. The number of nitrogens with zero attached hydrogens (tertiary/aromatic N) is 2. The van der Waals surface area contributed by atoms with E-state index in [0.717, 1.165) is 11.6 Å². The van der Waals surface area contributed by atoms with Gasteiger partial charge in [0.2, 0.25) is 5.78 Å². The second-order valence-corrected chi connectivity index (χ2v) is 10.9. The number of aryl methyl sites for hydroxylation is 2. The summed E-state index contributed by atoms with van der Waals surface area (Å²) >= 11 is 7.21. The van der Waals surface area contributed by atoms with Crippen molar-refractivity contribution < 1.29 is 19.1 Å². The van der Waals surface area contributed by atoms with E-state index in [9.17, 15) is 19.1 Å². The number of anilines is 1. The van der Waals surface area contributed by atoms with Crippen LogP contribution < -0.4 is 4.90 Å². The van der Waals surface area contributed by atoms with E-state index in [1.807, 2.05) is 24.3 Å². The number of benzene rings is 2. The van der Waals surface area contributed by atoms with Crippen LogP contribution in [0.4, 0.5) is 10.1 Å². The molecular weight excluding hydrogens is 475 g/mol. The predicted octanol–water partition coefficient (Wildman–Crippen LogP) is 6.63. The van der Waals surface area contributed by atoms with Crippen molar-refractivity contribution >= 4 is 40.3 Å². The van der Waals surface area contributed by atoms with E-state index in [-0.39, 0.29) is 21.7 Å². The van der Waals surface area contributed by atoms with Crippen molar-refractivity contribution in [1.29, 1.82) is 0 Å². The molecule has 0 saturated carbocycles. The Bertz CT molecular complexity index is 1340. The molecule has 0 aliphatic carbocycles. The number of aliphatic hydroxyl groups excluding tert-OH is 1. The maximum Gasteiger partial charge on any atom is 0.294 e. The molecule has 2 aromatic carbocycles. The van der Waals surface area contributed by atoms with Gasteiger partial charge in [0, 0.05) is 5.69 Å². The molecule has 1 aliphatic heterocycles. The second-order valence-electron chi connectivity index (χ2n) is 9.29. The molecule has 8 heteroatoms. The van der Waals surface area contributed by atoms with Gasteiger partial charge in [-0.25, -0.2) is 9.37 Å². The van der Waals surface area contributed by atoms with Gasteiger partial charge >= 0.3 is 0 Å². The molecule has 0 radical (unpaired) electrons. The lowest BCUT2D eigenvalue weighted by Gasteiger charge is -2.28. The lowest BCUT2D eigenvalue weighted by molar-refractivity contribution is -0.117. The summed E-state index contributed by atoms with van der Waals surface area (Å²) in [4.78, 5) is 32.9. The lowest BCUT2D eigenvalue weighted by Crippen LogP contribution is -2.31. The number of hydrogen-bond donors (Lipinski definition) is 1. The van der Waals surface area contributed by atoms with Crippen molar-refractivity contribution in [3.8, 4) is 0 Å². The fourth-order valence-corrected chi connectivity index (χ4v) is 5.13. The number of amides is 1. The van der Waals surface area contributed by atoms with E-state index in [1.54, 1.807) is 13.8 Å². The van der Waals surface area contributed by atoms with Gasteiger partial charge in [-0.1, -0.05) is 56.6 Å². The van der Waals surface area contributed by atoms with Gasteiger partial charge in [-0.3, -0.25) is 14.5 Å². The van der Waals surface area contributed by atoms with E-state index in [1.165, 1.54) is 28.4 Å².